The van der Waals surface area contributed by atoms with Gasteiger partial charge in [-0.1, -0.05) is 23.2 Å². The van der Waals surface area contributed by atoms with Gasteiger partial charge in [0.2, 0.25) is 0 Å². The van der Waals surface area contributed by atoms with Crippen molar-refractivity contribution in [2.24, 2.45) is 0 Å². The molecule has 0 unspecified atom stereocenters. The van der Waals surface area contributed by atoms with E-state index in [1.165, 1.54) is 18.2 Å². The van der Waals surface area contributed by atoms with Crippen molar-refractivity contribution in [2.45, 2.75) is 6.18 Å². The van der Waals surface area contributed by atoms with E-state index in [9.17, 15) is 22.4 Å². The van der Waals surface area contributed by atoms with E-state index < -0.39 is 28.9 Å². The lowest BCUT2D eigenvalue weighted by Gasteiger charge is -2.10. The van der Waals surface area contributed by atoms with E-state index in [2.05, 4.69) is 0 Å². The minimum atomic E-state index is -4.68. The van der Waals surface area contributed by atoms with Gasteiger partial charge in [0.15, 0.2) is 5.78 Å². The fourth-order valence-electron chi connectivity index (χ4n) is 1.69. The summed E-state index contributed by atoms with van der Waals surface area (Å²) in [6, 6.07) is 5.49. The molecular formula is C14H6Cl2F4O. The zero-order valence-corrected chi connectivity index (χ0v) is 11.7. The van der Waals surface area contributed by atoms with E-state index >= 15 is 0 Å². The lowest BCUT2D eigenvalue weighted by Crippen LogP contribution is -2.10. The maximum absolute atomic E-state index is 13.7. The number of hydrogen-bond acceptors (Lipinski definition) is 1. The summed E-state index contributed by atoms with van der Waals surface area (Å²) in [6.07, 6.45) is -4.68. The number of benzene rings is 2. The van der Waals surface area contributed by atoms with Crippen LogP contribution in [0.4, 0.5) is 17.6 Å². The Morgan fingerprint density at radius 1 is 0.952 bits per heavy atom. The highest BCUT2D eigenvalue weighted by Crippen LogP contribution is 2.32. The van der Waals surface area contributed by atoms with Gasteiger partial charge < -0.3 is 0 Å². The van der Waals surface area contributed by atoms with Crippen molar-refractivity contribution in [1.29, 1.82) is 0 Å². The van der Waals surface area contributed by atoms with Gasteiger partial charge in [-0.2, -0.15) is 13.2 Å². The molecule has 0 fully saturated rings. The fourth-order valence-corrected chi connectivity index (χ4v) is 2.07. The Bertz CT molecular complexity index is 711. The van der Waals surface area contributed by atoms with Crippen LogP contribution in [0.5, 0.6) is 0 Å². The van der Waals surface area contributed by atoms with Crippen molar-refractivity contribution < 1.29 is 22.4 Å². The summed E-state index contributed by atoms with van der Waals surface area (Å²) in [6.45, 7) is 0. The van der Waals surface area contributed by atoms with Gasteiger partial charge in [0.25, 0.3) is 0 Å². The van der Waals surface area contributed by atoms with Crippen LogP contribution >= 0.6 is 23.2 Å². The fraction of sp³-hybridized carbons (Fsp3) is 0.0714. The molecule has 0 heterocycles. The zero-order chi connectivity index (χ0) is 15.8. The second-order valence-corrected chi connectivity index (χ2v) is 4.99. The Morgan fingerprint density at radius 3 is 2.24 bits per heavy atom. The van der Waals surface area contributed by atoms with Gasteiger partial charge in [-0.05, 0) is 36.4 Å². The first-order valence-electron chi connectivity index (χ1n) is 5.56. The van der Waals surface area contributed by atoms with Crippen molar-refractivity contribution >= 4 is 29.0 Å². The average molecular weight is 337 g/mol. The van der Waals surface area contributed by atoms with Crippen molar-refractivity contribution in [3.8, 4) is 0 Å². The average Bonchev–Trinajstić information content (AvgIpc) is 2.40. The summed E-state index contributed by atoms with van der Waals surface area (Å²) in [5.74, 6) is -2.03. The number of ketones is 1. The van der Waals surface area contributed by atoms with Crippen LogP contribution in [0.25, 0.3) is 0 Å². The predicted molar refractivity (Wildman–Crippen MR) is 71.3 cm³/mol. The smallest absolute Gasteiger partial charge is 0.288 e. The molecule has 0 N–H and O–H groups in total. The van der Waals surface area contributed by atoms with Crippen LogP contribution in [0.1, 0.15) is 21.5 Å². The third-order valence-electron chi connectivity index (χ3n) is 2.71. The van der Waals surface area contributed by atoms with Crippen molar-refractivity contribution in [2.75, 3.05) is 0 Å². The van der Waals surface area contributed by atoms with Crippen LogP contribution in [-0.2, 0) is 6.18 Å². The molecule has 21 heavy (non-hydrogen) atoms. The van der Waals surface area contributed by atoms with E-state index in [1.54, 1.807) is 0 Å². The highest BCUT2D eigenvalue weighted by atomic mass is 35.5. The quantitative estimate of drug-likeness (QED) is 0.531. The molecule has 0 aliphatic rings. The molecule has 0 amide bonds. The van der Waals surface area contributed by atoms with E-state index in [0.29, 0.717) is 18.2 Å². The third-order valence-corrected chi connectivity index (χ3v) is 3.28. The molecular weight excluding hydrogens is 331 g/mol. The monoisotopic (exact) mass is 336 g/mol. The van der Waals surface area contributed by atoms with E-state index in [0.717, 1.165) is 0 Å². The Labute approximate surface area is 127 Å². The number of halogens is 6. The number of alkyl halides is 3. The molecule has 2 rings (SSSR count). The van der Waals surface area contributed by atoms with Crippen LogP contribution in [0.15, 0.2) is 36.4 Å². The highest BCUT2D eigenvalue weighted by Gasteiger charge is 2.32. The largest absolute Gasteiger partial charge is 0.416 e. The minimum Gasteiger partial charge on any atom is -0.288 e. The van der Waals surface area contributed by atoms with Gasteiger partial charge in [-0.3, -0.25) is 4.79 Å². The number of carbonyl (C=O) groups excluding carboxylic acids is 1. The molecule has 0 atom stereocenters. The first kappa shape index (κ1) is 15.8. The molecule has 0 saturated carbocycles. The van der Waals surface area contributed by atoms with Gasteiger partial charge in [-0.15, -0.1) is 0 Å². The lowest BCUT2D eigenvalue weighted by molar-refractivity contribution is -0.137. The third kappa shape index (κ3) is 3.36. The molecule has 0 saturated heterocycles. The molecule has 0 aromatic heterocycles. The summed E-state index contributed by atoms with van der Waals surface area (Å²) >= 11 is 11.5. The molecule has 2 aromatic rings. The van der Waals surface area contributed by atoms with Crippen LogP contribution in [0, 0.1) is 5.82 Å². The predicted octanol–water partition coefficient (Wildman–Crippen LogP) is 5.38. The summed E-state index contributed by atoms with van der Waals surface area (Å²) in [5, 5.41) is 0.136. The number of carbonyl (C=O) groups is 1. The SMILES string of the molecule is O=C(c1cc(C(F)(F)F)ccc1F)c1cc(Cl)ccc1Cl. The van der Waals surface area contributed by atoms with Gasteiger partial charge in [0.1, 0.15) is 5.82 Å². The molecule has 0 aliphatic carbocycles. The van der Waals surface area contributed by atoms with Crippen molar-refractivity contribution in [1.82, 2.24) is 0 Å². The van der Waals surface area contributed by atoms with E-state index in [4.69, 9.17) is 23.2 Å². The Morgan fingerprint density at radius 2 is 1.62 bits per heavy atom. The normalized spacial score (nSPS) is 11.5. The zero-order valence-electron chi connectivity index (χ0n) is 10.1. The van der Waals surface area contributed by atoms with Crippen LogP contribution in [-0.4, -0.2) is 5.78 Å². The summed E-state index contributed by atoms with van der Waals surface area (Å²) in [7, 11) is 0. The molecule has 0 aliphatic heterocycles. The molecule has 1 nitrogen and oxygen atoms in total. The number of rotatable bonds is 2. The molecule has 7 heteroatoms. The van der Waals surface area contributed by atoms with Crippen LogP contribution in [0.3, 0.4) is 0 Å². The second kappa shape index (κ2) is 5.66. The summed E-state index contributed by atoms with van der Waals surface area (Å²) in [5.41, 5.74) is -2.00. The van der Waals surface area contributed by atoms with Gasteiger partial charge in [-0.25, -0.2) is 4.39 Å². The van der Waals surface area contributed by atoms with Crippen LogP contribution < -0.4 is 0 Å². The number of hydrogen-bond donors (Lipinski definition) is 0. The molecule has 0 bridgehead atoms. The molecule has 110 valence electrons. The Hall–Kier alpha value is -1.59. The van der Waals surface area contributed by atoms with Crippen LogP contribution in [0.2, 0.25) is 10.0 Å². The maximum Gasteiger partial charge on any atom is 0.416 e. The van der Waals surface area contributed by atoms with Gasteiger partial charge in [0.05, 0.1) is 16.1 Å². The topological polar surface area (TPSA) is 17.1 Å². The second-order valence-electron chi connectivity index (χ2n) is 4.15. The van der Waals surface area contributed by atoms with E-state index in [1.807, 2.05) is 0 Å². The molecule has 0 spiro atoms. The standard InChI is InChI=1S/C14H6Cl2F4O/c15-8-2-3-11(16)9(6-8)13(21)10-5-7(14(18,19)20)1-4-12(10)17/h1-6H. The molecule has 2 aromatic carbocycles. The van der Waals surface area contributed by atoms with Gasteiger partial charge in [0, 0.05) is 10.6 Å². The molecule has 0 radical (unpaired) electrons. The lowest BCUT2D eigenvalue weighted by atomic mass is 10.0. The minimum absolute atomic E-state index is 0.0267. The maximum atomic E-state index is 13.7. The van der Waals surface area contributed by atoms with Gasteiger partial charge >= 0.3 is 6.18 Å². The van der Waals surface area contributed by atoms with Crippen molar-refractivity contribution in [3.63, 3.8) is 0 Å². The first-order valence-corrected chi connectivity index (χ1v) is 6.32. The summed E-state index contributed by atoms with van der Waals surface area (Å²) < 4.78 is 51.5. The Balaban J connectivity index is 2.55. The van der Waals surface area contributed by atoms with Crippen molar-refractivity contribution in [3.05, 3.63) is 69.0 Å². The summed E-state index contributed by atoms with van der Waals surface area (Å²) in [4.78, 5) is 12.2. The Kier molecular flexibility index (Phi) is 4.25. The highest BCUT2D eigenvalue weighted by molar-refractivity contribution is 6.36. The first-order chi connectivity index (χ1) is 9.70. The van der Waals surface area contributed by atoms with E-state index in [-0.39, 0.29) is 15.6 Å².